The molecule has 1 aliphatic carbocycles. The summed E-state index contributed by atoms with van der Waals surface area (Å²) in [5, 5.41) is 3.45. The number of hydrogen-bond acceptors (Lipinski definition) is 2. The van der Waals surface area contributed by atoms with Gasteiger partial charge < -0.3 is 10.1 Å². The number of nitrogens with one attached hydrogen (secondary N) is 1. The van der Waals surface area contributed by atoms with E-state index in [0.717, 1.165) is 24.4 Å². The van der Waals surface area contributed by atoms with Crippen LogP contribution >= 0.6 is 0 Å². The third kappa shape index (κ3) is 2.97. The Morgan fingerprint density at radius 3 is 2.82 bits per heavy atom. The monoisotopic (exact) mass is 237 g/mol. The molecule has 2 nitrogen and oxygen atoms in total. The number of ether oxygens (including phenoxy) is 1. The summed E-state index contributed by atoms with van der Waals surface area (Å²) >= 11 is 0. The molecule has 0 radical (unpaired) electrons. The van der Waals surface area contributed by atoms with E-state index in [1.807, 2.05) is 12.1 Å². The molecular weight excluding hydrogens is 217 g/mol. The van der Waals surface area contributed by atoms with E-state index in [0.29, 0.717) is 11.8 Å². The molecule has 1 aromatic carbocycles. The van der Waals surface area contributed by atoms with E-state index in [1.165, 1.54) is 20.0 Å². The summed E-state index contributed by atoms with van der Waals surface area (Å²) in [6.07, 6.45) is 3.29. The van der Waals surface area contributed by atoms with Crippen LogP contribution in [0.5, 0.6) is 5.75 Å². The minimum Gasteiger partial charge on any atom is -0.494 e. The Labute approximate surface area is 102 Å². The van der Waals surface area contributed by atoms with Gasteiger partial charge in [-0.1, -0.05) is 19.1 Å². The van der Waals surface area contributed by atoms with Crippen LogP contribution in [0.15, 0.2) is 18.2 Å². The molecule has 3 heteroatoms. The van der Waals surface area contributed by atoms with Crippen molar-refractivity contribution in [2.45, 2.75) is 32.2 Å². The topological polar surface area (TPSA) is 21.3 Å². The Morgan fingerprint density at radius 1 is 1.47 bits per heavy atom. The molecule has 1 fully saturated rings. The van der Waals surface area contributed by atoms with Gasteiger partial charge >= 0.3 is 0 Å². The molecule has 0 spiro atoms. The van der Waals surface area contributed by atoms with E-state index in [2.05, 4.69) is 12.2 Å². The molecule has 0 saturated heterocycles. The first-order valence-corrected chi connectivity index (χ1v) is 6.31. The molecule has 0 heterocycles. The molecule has 0 aliphatic heterocycles. The van der Waals surface area contributed by atoms with Gasteiger partial charge in [0.1, 0.15) is 0 Å². The van der Waals surface area contributed by atoms with Gasteiger partial charge in [0.15, 0.2) is 11.6 Å². The van der Waals surface area contributed by atoms with Crippen molar-refractivity contribution in [2.75, 3.05) is 13.7 Å². The lowest BCUT2D eigenvalue weighted by Gasteiger charge is -2.18. The maximum Gasteiger partial charge on any atom is 0.168 e. The smallest absolute Gasteiger partial charge is 0.168 e. The summed E-state index contributed by atoms with van der Waals surface area (Å²) in [6, 6.07) is 5.78. The number of halogens is 1. The second kappa shape index (κ2) is 5.50. The summed E-state index contributed by atoms with van der Waals surface area (Å²) in [4.78, 5) is 0. The number of hydrogen-bond donors (Lipinski definition) is 1. The Morgan fingerprint density at radius 2 is 2.24 bits per heavy atom. The van der Waals surface area contributed by atoms with Crippen LogP contribution in [0.1, 0.15) is 25.3 Å². The minimum absolute atomic E-state index is 0.210. The van der Waals surface area contributed by atoms with Crippen molar-refractivity contribution in [3.8, 4) is 5.75 Å². The molecule has 0 aromatic heterocycles. The first-order chi connectivity index (χ1) is 8.26. The van der Waals surface area contributed by atoms with Crippen LogP contribution in [-0.2, 0) is 6.42 Å². The van der Waals surface area contributed by atoms with Gasteiger partial charge in [-0.05, 0) is 43.4 Å². The highest BCUT2D eigenvalue weighted by Gasteiger charge is 2.31. The zero-order chi connectivity index (χ0) is 12.3. The fourth-order valence-electron chi connectivity index (χ4n) is 2.27. The molecule has 1 aromatic rings. The molecule has 1 aliphatic rings. The zero-order valence-electron chi connectivity index (χ0n) is 10.5. The summed E-state index contributed by atoms with van der Waals surface area (Å²) in [5.41, 5.74) is 0.752. The lowest BCUT2D eigenvalue weighted by Crippen LogP contribution is -2.33. The number of rotatable bonds is 6. The normalized spacial score (nSPS) is 16.9. The van der Waals surface area contributed by atoms with Crippen LogP contribution in [-0.4, -0.2) is 19.7 Å². The van der Waals surface area contributed by atoms with E-state index in [9.17, 15) is 4.39 Å². The van der Waals surface area contributed by atoms with Gasteiger partial charge in [-0.3, -0.25) is 0 Å². The van der Waals surface area contributed by atoms with Gasteiger partial charge in [-0.2, -0.15) is 0 Å². The van der Waals surface area contributed by atoms with Crippen LogP contribution in [0.2, 0.25) is 0 Å². The van der Waals surface area contributed by atoms with Crippen molar-refractivity contribution in [1.29, 1.82) is 0 Å². The Bertz CT molecular complexity index is 376. The molecule has 0 bridgehead atoms. The van der Waals surface area contributed by atoms with E-state index in [-0.39, 0.29) is 5.82 Å². The van der Waals surface area contributed by atoms with Crippen molar-refractivity contribution in [3.63, 3.8) is 0 Å². The van der Waals surface area contributed by atoms with E-state index in [1.54, 1.807) is 6.07 Å². The maximum atomic E-state index is 14.0. The van der Waals surface area contributed by atoms with Crippen LogP contribution in [0.25, 0.3) is 0 Å². The van der Waals surface area contributed by atoms with Crippen molar-refractivity contribution >= 4 is 0 Å². The predicted octanol–water partition coefficient (Wildman–Crippen LogP) is 2.76. The lowest BCUT2D eigenvalue weighted by atomic mass is 10.0. The van der Waals surface area contributed by atoms with Crippen LogP contribution in [0, 0.1) is 11.7 Å². The summed E-state index contributed by atoms with van der Waals surface area (Å²) < 4.78 is 19.0. The molecular formula is C14H20FNO. The van der Waals surface area contributed by atoms with Crippen LogP contribution < -0.4 is 10.1 Å². The molecule has 1 unspecified atom stereocenters. The molecule has 1 saturated carbocycles. The molecule has 1 atom stereocenters. The molecule has 94 valence electrons. The van der Waals surface area contributed by atoms with Gasteiger partial charge in [0.25, 0.3) is 0 Å². The van der Waals surface area contributed by atoms with Crippen molar-refractivity contribution in [3.05, 3.63) is 29.6 Å². The molecule has 0 amide bonds. The average Bonchev–Trinajstić information content (AvgIpc) is 3.15. The van der Waals surface area contributed by atoms with Gasteiger partial charge in [-0.15, -0.1) is 0 Å². The zero-order valence-corrected chi connectivity index (χ0v) is 10.5. The number of likely N-dealkylation sites (N-methyl/N-ethyl adjacent to an activating group) is 1. The maximum absolute atomic E-state index is 14.0. The van der Waals surface area contributed by atoms with E-state index >= 15 is 0 Å². The highest BCUT2D eigenvalue weighted by molar-refractivity contribution is 5.31. The van der Waals surface area contributed by atoms with E-state index in [4.69, 9.17) is 4.74 Å². The largest absolute Gasteiger partial charge is 0.494 e. The van der Waals surface area contributed by atoms with Crippen molar-refractivity contribution < 1.29 is 9.13 Å². The highest BCUT2D eigenvalue weighted by atomic mass is 19.1. The average molecular weight is 237 g/mol. The Balaban J connectivity index is 2.10. The van der Waals surface area contributed by atoms with E-state index < -0.39 is 0 Å². The highest BCUT2D eigenvalue weighted by Crippen LogP contribution is 2.34. The van der Waals surface area contributed by atoms with Gasteiger partial charge in [-0.25, -0.2) is 4.39 Å². The SMILES string of the molecule is CCNC(Cc1cccc(OC)c1F)C1CC1. The Hall–Kier alpha value is -1.09. The standard InChI is InChI=1S/C14H20FNO/c1-3-16-12(10-7-8-10)9-11-5-4-6-13(17-2)14(11)15/h4-6,10,12,16H,3,7-9H2,1-2H3. The van der Waals surface area contributed by atoms with Crippen molar-refractivity contribution in [2.24, 2.45) is 5.92 Å². The third-order valence-corrected chi connectivity index (χ3v) is 3.36. The third-order valence-electron chi connectivity index (χ3n) is 3.36. The summed E-state index contributed by atoms with van der Waals surface area (Å²) in [5.74, 6) is 0.854. The van der Waals surface area contributed by atoms with Crippen LogP contribution in [0.4, 0.5) is 4.39 Å². The van der Waals surface area contributed by atoms with Gasteiger partial charge in [0.05, 0.1) is 7.11 Å². The summed E-state index contributed by atoms with van der Waals surface area (Å²) in [7, 11) is 1.50. The van der Waals surface area contributed by atoms with Gasteiger partial charge in [0, 0.05) is 6.04 Å². The van der Waals surface area contributed by atoms with Crippen LogP contribution in [0.3, 0.4) is 0 Å². The second-order valence-corrected chi connectivity index (χ2v) is 4.64. The van der Waals surface area contributed by atoms with Crippen molar-refractivity contribution in [1.82, 2.24) is 5.32 Å². The number of methoxy groups -OCH3 is 1. The first kappa shape index (κ1) is 12.4. The molecule has 2 rings (SSSR count). The fraction of sp³-hybridized carbons (Fsp3) is 0.571. The minimum atomic E-state index is -0.210. The summed E-state index contributed by atoms with van der Waals surface area (Å²) in [6.45, 7) is 3.03. The second-order valence-electron chi connectivity index (χ2n) is 4.64. The Kier molecular flexibility index (Phi) is 4.00. The van der Waals surface area contributed by atoms with Gasteiger partial charge in [0.2, 0.25) is 0 Å². The quantitative estimate of drug-likeness (QED) is 0.821. The number of benzene rings is 1. The molecule has 1 N–H and O–H groups in total. The first-order valence-electron chi connectivity index (χ1n) is 6.31. The lowest BCUT2D eigenvalue weighted by molar-refractivity contribution is 0.381. The predicted molar refractivity (Wildman–Crippen MR) is 66.8 cm³/mol. The fourth-order valence-corrected chi connectivity index (χ4v) is 2.27. The molecule has 17 heavy (non-hydrogen) atoms.